The van der Waals surface area contributed by atoms with Crippen molar-refractivity contribution < 1.29 is 9.53 Å². The molecule has 0 spiro atoms. The van der Waals surface area contributed by atoms with Gasteiger partial charge in [0, 0.05) is 17.6 Å². The molecular formula is C15H16BrN3O2S. The van der Waals surface area contributed by atoms with E-state index in [4.69, 9.17) is 4.74 Å². The van der Waals surface area contributed by atoms with Gasteiger partial charge in [0.2, 0.25) is 0 Å². The Morgan fingerprint density at radius 1 is 1.41 bits per heavy atom. The molecule has 1 fully saturated rings. The number of carbonyl (C=O) groups is 1. The minimum atomic E-state index is -0.118. The van der Waals surface area contributed by atoms with Crippen LogP contribution in [0.4, 0.5) is 11.4 Å². The molecule has 0 radical (unpaired) electrons. The van der Waals surface area contributed by atoms with Crippen LogP contribution >= 0.6 is 27.3 Å². The van der Waals surface area contributed by atoms with Crippen LogP contribution in [0.25, 0.3) is 0 Å². The van der Waals surface area contributed by atoms with Crippen LogP contribution in [0.5, 0.6) is 0 Å². The maximum absolute atomic E-state index is 12.4. The van der Waals surface area contributed by atoms with Crippen LogP contribution in [0.1, 0.15) is 15.4 Å². The SMILES string of the molecule is Cc1ncsc1C(=O)Nc1cc(Br)ccc1N1CCOCC1. The zero-order valence-electron chi connectivity index (χ0n) is 12.1. The zero-order chi connectivity index (χ0) is 15.5. The second-order valence-electron chi connectivity index (χ2n) is 4.98. The number of amides is 1. The largest absolute Gasteiger partial charge is 0.378 e. The van der Waals surface area contributed by atoms with E-state index in [1.807, 2.05) is 25.1 Å². The van der Waals surface area contributed by atoms with E-state index in [0.717, 1.165) is 34.6 Å². The van der Waals surface area contributed by atoms with Crippen LogP contribution in [-0.2, 0) is 4.74 Å². The fraction of sp³-hybridized carbons (Fsp3) is 0.333. The summed E-state index contributed by atoms with van der Waals surface area (Å²) in [6, 6.07) is 5.93. The van der Waals surface area contributed by atoms with E-state index in [9.17, 15) is 4.79 Å². The first-order valence-electron chi connectivity index (χ1n) is 6.99. The lowest BCUT2D eigenvalue weighted by atomic mass is 10.2. The maximum Gasteiger partial charge on any atom is 0.267 e. The summed E-state index contributed by atoms with van der Waals surface area (Å²) in [5, 5.41) is 3.01. The molecule has 0 atom stereocenters. The van der Waals surface area contributed by atoms with Crippen LogP contribution < -0.4 is 10.2 Å². The summed E-state index contributed by atoms with van der Waals surface area (Å²) < 4.78 is 6.33. The van der Waals surface area contributed by atoms with Crippen LogP contribution in [0.2, 0.25) is 0 Å². The number of hydrogen-bond acceptors (Lipinski definition) is 5. The van der Waals surface area contributed by atoms with Gasteiger partial charge in [-0.15, -0.1) is 11.3 Å². The summed E-state index contributed by atoms with van der Waals surface area (Å²) in [5.41, 5.74) is 4.26. The molecule has 1 aliphatic rings. The molecule has 1 aromatic carbocycles. The van der Waals surface area contributed by atoms with Crippen molar-refractivity contribution in [2.45, 2.75) is 6.92 Å². The molecule has 3 rings (SSSR count). The van der Waals surface area contributed by atoms with E-state index in [1.165, 1.54) is 11.3 Å². The van der Waals surface area contributed by atoms with Crippen LogP contribution in [0, 0.1) is 6.92 Å². The molecule has 1 aromatic heterocycles. The second kappa shape index (κ2) is 6.76. The summed E-state index contributed by atoms with van der Waals surface area (Å²) in [7, 11) is 0. The smallest absolute Gasteiger partial charge is 0.267 e. The highest BCUT2D eigenvalue weighted by atomic mass is 79.9. The molecule has 0 aliphatic carbocycles. The topological polar surface area (TPSA) is 54.5 Å². The molecule has 1 amide bonds. The maximum atomic E-state index is 12.4. The third kappa shape index (κ3) is 3.31. The molecule has 1 aliphatic heterocycles. The number of thiazole rings is 1. The molecular weight excluding hydrogens is 366 g/mol. The Bertz CT molecular complexity index is 683. The first-order chi connectivity index (χ1) is 10.6. The van der Waals surface area contributed by atoms with Crippen molar-refractivity contribution in [3.63, 3.8) is 0 Å². The number of nitrogens with one attached hydrogen (secondary N) is 1. The molecule has 2 heterocycles. The Kier molecular flexibility index (Phi) is 4.75. The van der Waals surface area contributed by atoms with Crippen molar-refractivity contribution in [1.82, 2.24) is 4.98 Å². The summed E-state index contributed by atoms with van der Waals surface area (Å²) in [6.45, 7) is 4.90. The lowest BCUT2D eigenvalue weighted by Gasteiger charge is -2.30. The van der Waals surface area contributed by atoms with Gasteiger partial charge in [0.05, 0.1) is 35.8 Å². The number of ether oxygens (including phenoxy) is 1. The number of halogens is 1. The monoisotopic (exact) mass is 381 g/mol. The van der Waals surface area contributed by atoms with E-state index in [1.54, 1.807) is 5.51 Å². The lowest BCUT2D eigenvalue weighted by molar-refractivity contribution is 0.103. The normalized spacial score (nSPS) is 14.9. The third-order valence-electron chi connectivity index (χ3n) is 3.51. The van der Waals surface area contributed by atoms with Crippen LogP contribution in [0.15, 0.2) is 28.2 Å². The van der Waals surface area contributed by atoms with Gasteiger partial charge < -0.3 is 15.0 Å². The molecule has 5 nitrogen and oxygen atoms in total. The van der Waals surface area contributed by atoms with E-state index in [2.05, 4.69) is 31.1 Å². The highest BCUT2D eigenvalue weighted by Gasteiger charge is 2.18. The Balaban J connectivity index is 1.87. The van der Waals surface area contributed by atoms with Gasteiger partial charge in [-0.05, 0) is 25.1 Å². The van der Waals surface area contributed by atoms with Crippen molar-refractivity contribution in [3.05, 3.63) is 38.8 Å². The van der Waals surface area contributed by atoms with Gasteiger partial charge in [0.25, 0.3) is 5.91 Å². The quantitative estimate of drug-likeness (QED) is 0.885. The van der Waals surface area contributed by atoms with E-state index in [0.29, 0.717) is 18.1 Å². The molecule has 22 heavy (non-hydrogen) atoms. The fourth-order valence-electron chi connectivity index (χ4n) is 2.39. The first-order valence-corrected chi connectivity index (χ1v) is 8.66. The van der Waals surface area contributed by atoms with Crippen molar-refractivity contribution in [3.8, 4) is 0 Å². The number of rotatable bonds is 3. The summed E-state index contributed by atoms with van der Waals surface area (Å²) in [6.07, 6.45) is 0. The fourth-order valence-corrected chi connectivity index (χ4v) is 3.45. The number of carbonyl (C=O) groups excluding carboxylic acids is 1. The Morgan fingerprint density at radius 2 is 2.18 bits per heavy atom. The third-order valence-corrected chi connectivity index (χ3v) is 4.93. The number of aryl methyl sites for hydroxylation is 1. The van der Waals surface area contributed by atoms with Crippen LogP contribution in [0.3, 0.4) is 0 Å². The Labute approximate surface area is 141 Å². The summed E-state index contributed by atoms with van der Waals surface area (Å²) in [4.78, 5) is 19.4. The number of hydrogen-bond donors (Lipinski definition) is 1. The minimum Gasteiger partial charge on any atom is -0.378 e. The van der Waals surface area contributed by atoms with Gasteiger partial charge in [-0.25, -0.2) is 4.98 Å². The molecule has 1 N–H and O–H groups in total. The second-order valence-corrected chi connectivity index (χ2v) is 6.75. The highest BCUT2D eigenvalue weighted by molar-refractivity contribution is 9.10. The number of morpholine rings is 1. The molecule has 2 aromatic rings. The van der Waals surface area contributed by atoms with Gasteiger partial charge in [-0.2, -0.15) is 0 Å². The molecule has 116 valence electrons. The van der Waals surface area contributed by atoms with Gasteiger partial charge in [-0.3, -0.25) is 4.79 Å². The first kappa shape index (κ1) is 15.5. The number of anilines is 2. The molecule has 0 bridgehead atoms. The number of nitrogens with zero attached hydrogens (tertiary/aromatic N) is 2. The predicted octanol–water partition coefficient (Wildman–Crippen LogP) is 3.30. The molecule has 7 heteroatoms. The van der Waals surface area contributed by atoms with Crippen molar-refractivity contribution in [2.75, 3.05) is 36.5 Å². The van der Waals surface area contributed by atoms with Crippen molar-refractivity contribution >= 4 is 44.5 Å². The summed E-state index contributed by atoms with van der Waals surface area (Å²) >= 11 is 4.82. The van der Waals surface area contributed by atoms with Gasteiger partial charge in [0.1, 0.15) is 4.88 Å². The highest BCUT2D eigenvalue weighted by Crippen LogP contribution is 2.30. The average Bonchev–Trinajstić information content (AvgIpc) is 2.94. The van der Waals surface area contributed by atoms with E-state index < -0.39 is 0 Å². The lowest BCUT2D eigenvalue weighted by Crippen LogP contribution is -2.36. The number of benzene rings is 1. The molecule has 0 saturated carbocycles. The Morgan fingerprint density at radius 3 is 2.86 bits per heavy atom. The zero-order valence-corrected chi connectivity index (χ0v) is 14.5. The van der Waals surface area contributed by atoms with E-state index in [-0.39, 0.29) is 5.91 Å². The molecule has 1 saturated heterocycles. The Hall–Kier alpha value is -1.44. The number of aromatic nitrogens is 1. The van der Waals surface area contributed by atoms with Gasteiger partial charge in [0.15, 0.2) is 0 Å². The van der Waals surface area contributed by atoms with Crippen molar-refractivity contribution in [1.29, 1.82) is 0 Å². The van der Waals surface area contributed by atoms with E-state index >= 15 is 0 Å². The summed E-state index contributed by atoms with van der Waals surface area (Å²) in [5.74, 6) is -0.118. The predicted molar refractivity (Wildman–Crippen MR) is 92.0 cm³/mol. The molecule has 0 unspecified atom stereocenters. The standard InChI is InChI=1S/C15H16BrN3O2S/c1-10-14(22-9-17-10)15(20)18-12-8-11(16)2-3-13(12)19-4-6-21-7-5-19/h2-3,8-9H,4-7H2,1H3,(H,18,20). The van der Waals surface area contributed by atoms with Crippen molar-refractivity contribution in [2.24, 2.45) is 0 Å². The van der Waals surface area contributed by atoms with Gasteiger partial charge in [-0.1, -0.05) is 15.9 Å². The van der Waals surface area contributed by atoms with Gasteiger partial charge >= 0.3 is 0 Å². The van der Waals surface area contributed by atoms with Crippen LogP contribution in [-0.4, -0.2) is 37.2 Å². The average molecular weight is 382 g/mol. The minimum absolute atomic E-state index is 0.118.